The normalized spacial score (nSPS) is 22.6. The van der Waals surface area contributed by atoms with E-state index in [9.17, 15) is 4.39 Å². The first-order valence-corrected chi connectivity index (χ1v) is 6.03. The molecule has 3 nitrogen and oxygen atoms in total. The van der Waals surface area contributed by atoms with Gasteiger partial charge in [0, 0.05) is 13.6 Å². The van der Waals surface area contributed by atoms with Crippen LogP contribution in [0.1, 0.15) is 13.3 Å². The number of nitrogens with two attached hydrogens (primary N) is 2. The standard InChI is InChI=1S/C12H17ClFN3/c1-6-3-7(6)5-17(2)12-9(16)4-8(15)10(13)11(12)14/h4,6-7H,3,5,15-16H2,1-2H3. The Bertz CT molecular complexity index is 450. The largest absolute Gasteiger partial charge is 0.397 e. The summed E-state index contributed by atoms with van der Waals surface area (Å²) in [5.74, 6) is 0.807. The van der Waals surface area contributed by atoms with E-state index in [0.717, 1.165) is 6.54 Å². The molecule has 17 heavy (non-hydrogen) atoms. The predicted octanol–water partition coefficient (Wildman–Crippen LogP) is 2.74. The molecular weight excluding hydrogens is 241 g/mol. The lowest BCUT2D eigenvalue weighted by atomic mass is 10.2. The fraction of sp³-hybridized carbons (Fsp3) is 0.500. The van der Waals surface area contributed by atoms with Crippen LogP contribution >= 0.6 is 11.6 Å². The first-order valence-electron chi connectivity index (χ1n) is 5.66. The average Bonchev–Trinajstić information content (AvgIpc) is 2.91. The molecule has 0 spiro atoms. The first-order chi connectivity index (χ1) is 7.91. The topological polar surface area (TPSA) is 55.3 Å². The third kappa shape index (κ3) is 2.27. The van der Waals surface area contributed by atoms with E-state index in [-0.39, 0.29) is 10.7 Å². The van der Waals surface area contributed by atoms with Crippen molar-refractivity contribution >= 4 is 28.7 Å². The number of rotatable bonds is 3. The highest BCUT2D eigenvalue weighted by Crippen LogP contribution is 2.41. The SMILES string of the molecule is CC1CC1CN(C)c1c(N)cc(N)c(Cl)c1F. The Morgan fingerprint density at radius 1 is 1.47 bits per heavy atom. The summed E-state index contributed by atoms with van der Waals surface area (Å²) in [6.45, 7) is 2.98. The predicted molar refractivity (Wildman–Crippen MR) is 70.8 cm³/mol. The molecule has 1 aliphatic carbocycles. The summed E-state index contributed by atoms with van der Waals surface area (Å²) in [5.41, 5.74) is 12.2. The van der Waals surface area contributed by atoms with Gasteiger partial charge in [-0.15, -0.1) is 0 Å². The van der Waals surface area contributed by atoms with Crippen molar-refractivity contribution in [2.24, 2.45) is 11.8 Å². The van der Waals surface area contributed by atoms with Crippen LogP contribution in [0.4, 0.5) is 21.5 Å². The van der Waals surface area contributed by atoms with Crippen molar-refractivity contribution in [3.8, 4) is 0 Å². The van der Waals surface area contributed by atoms with E-state index in [0.29, 0.717) is 23.2 Å². The molecule has 1 fully saturated rings. The quantitative estimate of drug-likeness (QED) is 0.819. The van der Waals surface area contributed by atoms with Gasteiger partial charge >= 0.3 is 0 Å². The summed E-state index contributed by atoms with van der Waals surface area (Å²) in [4.78, 5) is 1.82. The van der Waals surface area contributed by atoms with E-state index in [1.165, 1.54) is 12.5 Å². The van der Waals surface area contributed by atoms with E-state index in [1.54, 1.807) is 0 Å². The molecule has 4 N–H and O–H groups in total. The second-order valence-corrected chi connectivity index (χ2v) is 5.26. The molecule has 1 aliphatic rings. The van der Waals surface area contributed by atoms with E-state index >= 15 is 0 Å². The van der Waals surface area contributed by atoms with Crippen LogP contribution in [0.2, 0.25) is 5.02 Å². The number of nitrogens with zero attached hydrogens (tertiary/aromatic N) is 1. The van der Waals surface area contributed by atoms with E-state index < -0.39 is 5.82 Å². The minimum Gasteiger partial charge on any atom is -0.397 e. The lowest BCUT2D eigenvalue weighted by molar-refractivity contribution is 0.618. The summed E-state index contributed by atoms with van der Waals surface area (Å²) in [7, 11) is 1.83. The highest BCUT2D eigenvalue weighted by atomic mass is 35.5. The molecule has 1 saturated carbocycles. The summed E-state index contributed by atoms with van der Waals surface area (Å²) in [6, 6.07) is 1.51. The summed E-state index contributed by atoms with van der Waals surface area (Å²) in [6.07, 6.45) is 1.19. The van der Waals surface area contributed by atoms with E-state index in [1.807, 2.05) is 11.9 Å². The molecule has 1 aromatic rings. The monoisotopic (exact) mass is 257 g/mol. The lowest BCUT2D eigenvalue weighted by Crippen LogP contribution is -2.23. The minimum atomic E-state index is -0.528. The fourth-order valence-electron chi connectivity index (χ4n) is 2.14. The van der Waals surface area contributed by atoms with Crippen LogP contribution in [0, 0.1) is 17.7 Å². The zero-order chi connectivity index (χ0) is 12.7. The maximum absolute atomic E-state index is 14.0. The van der Waals surface area contributed by atoms with Gasteiger partial charge in [-0.1, -0.05) is 18.5 Å². The molecule has 1 aromatic carbocycles. The molecule has 2 rings (SSSR count). The molecule has 0 aliphatic heterocycles. The summed E-state index contributed by atoms with van der Waals surface area (Å²) in [5, 5.41) is -0.0510. The Labute approximate surface area is 106 Å². The third-order valence-electron chi connectivity index (χ3n) is 3.40. The molecule has 5 heteroatoms. The average molecular weight is 258 g/mol. The van der Waals surface area contributed by atoms with Crippen LogP contribution in [-0.4, -0.2) is 13.6 Å². The zero-order valence-electron chi connectivity index (χ0n) is 10.0. The Balaban J connectivity index is 2.27. The third-order valence-corrected chi connectivity index (χ3v) is 3.79. The molecule has 94 valence electrons. The number of halogens is 2. The molecule has 0 bridgehead atoms. The van der Waals surface area contributed by atoms with Gasteiger partial charge in [-0.3, -0.25) is 0 Å². The highest BCUT2D eigenvalue weighted by Gasteiger charge is 2.34. The Kier molecular flexibility index (Phi) is 3.08. The van der Waals surface area contributed by atoms with Crippen LogP contribution in [-0.2, 0) is 0 Å². The maximum atomic E-state index is 14.0. The Morgan fingerprint density at radius 2 is 2.06 bits per heavy atom. The van der Waals surface area contributed by atoms with Gasteiger partial charge in [0.2, 0.25) is 0 Å². The van der Waals surface area contributed by atoms with Gasteiger partial charge in [-0.05, 0) is 24.3 Å². The molecule has 2 unspecified atom stereocenters. The van der Waals surface area contributed by atoms with Crippen molar-refractivity contribution in [2.75, 3.05) is 30.0 Å². The van der Waals surface area contributed by atoms with Gasteiger partial charge in [0.25, 0.3) is 0 Å². The summed E-state index contributed by atoms with van der Waals surface area (Å²) < 4.78 is 14.0. The molecule has 0 radical (unpaired) electrons. The minimum absolute atomic E-state index is 0.0510. The highest BCUT2D eigenvalue weighted by molar-refractivity contribution is 6.33. The maximum Gasteiger partial charge on any atom is 0.169 e. The van der Waals surface area contributed by atoms with Crippen molar-refractivity contribution in [3.05, 3.63) is 16.9 Å². The van der Waals surface area contributed by atoms with Crippen LogP contribution in [0.5, 0.6) is 0 Å². The molecule has 0 heterocycles. The first kappa shape index (κ1) is 12.3. The summed E-state index contributed by atoms with van der Waals surface area (Å²) >= 11 is 5.80. The Morgan fingerprint density at radius 3 is 2.59 bits per heavy atom. The van der Waals surface area contributed by atoms with Crippen molar-refractivity contribution in [3.63, 3.8) is 0 Å². The van der Waals surface area contributed by atoms with Crippen molar-refractivity contribution in [1.29, 1.82) is 0 Å². The lowest BCUT2D eigenvalue weighted by Gasteiger charge is -2.22. The second-order valence-electron chi connectivity index (χ2n) is 4.89. The van der Waals surface area contributed by atoms with Crippen LogP contribution in [0.15, 0.2) is 6.07 Å². The van der Waals surface area contributed by atoms with Gasteiger partial charge < -0.3 is 16.4 Å². The van der Waals surface area contributed by atoms with E-state index in [4.69, 9.17) is 23.1 Å². The van der Waals surface area contributed by atoms with Gasteiger partial charge in [0.15, 0.2) is 5.82 Å². The number of hydrogen-bond donors (Lipinski definition) is 2. The van der Waals surface area contributed by atoms with Crippen molar-refractivity contribution in [1.82, 2.24) is 0 Å². The number of hydrogen-bond acceptors (Lipinski definition) is 3. The molecule has 2 atom stereocenters. The van der Waals surface area contributed by atoms with Gasteiger partial charge in [-0.25, -0.2) is 4.39 Å². The molecule has 0 amide bonds. The van der Waals surface area contributed by atoms with E-state index in [2.05, 4.69) is 6.92 Å². The van der Waals surface area contributed by atoms with Gasteiger partial charge in [0.1, 0.15) is 5.02 Å². The molecule has 0 aromatic heterocycles. The van der Waals surface area contributed by atoms with Gasteiger partial charge in [-0.2, -0.15) is 0 Å². The zero-order valence-corrected chi connectivity index (χ0v) is 10.8. The van der Waals surface area contributed by atoms with Crippen LogP contribution in [0.25, 0.3) is 0 Å². The van der Waals surface area contributed by atoms with Crippen LogP contribution < -0.4 is 16.4 Å². The molecular formula is C12H17ClFN3. The number of nitrogen functional groups attached to an aromatic ring is 2. The fourth-order valence-corrected chi connectivity index (χ4v) is 2.29. The second kappa shape index (κ2) is 4.26. The molecule has 0 saturated heterocycles. The number of benzene rings is 1. The van der Waals surface area contributed by atoms with Crippen molar-refractivity contribution < 1.29 is 4.39 Å². The van der Waals surface area contributed by atoms with Crippen LogP contribution in [0.3, 0.4) is 0 Å². The van der Waals surface area contributed by atoms with Crippen molar-refractivity contribution in [2.45, 2.75) is 13.3 Å². The smallest absolute Gasteiger partial charge is 0.169 e. The number of anilines is 3. The van der Waals surface area contributed by atoms with Gasteiger partial charge in [0.05, 0.1) is 17.1 Å². The Hall–Kier alpha value is -1.16.